The van der Waals surface area contributed by atoms with Gasteiger partial charge in [0, 0.05) is 17.2 Å². The fourth-order valence-corrected chi connectivity index (χ4v) is 3.72. The number of thioether (sulfide) groups is 1. The number of aryl methyl sites for hydroxylation is 2. The molecule has 0 aromatic heterocycles. The molecule has 0 spiro atoms. The maximum absolute atomic E-state index is 13.2. The maximum Gasteiger partial charge on any atom is 0.331 e. The summed E-state index contributed by atoms with van der Waals surface area (Å²) in [6.07, 6.45) is 1.15. The summed E-state index contributed by atoms with van der Waals surface area (Å²) in [5.41, 5.74) is 3.53. The lowest BCUT2D eigenvalue weighted by molar-refractivity contribution is -0.135. The summed E-state index contributed by atoms with van der Waals surface area (Å²) in [7, 11) is 1.25. The number of esters is 1. The van der Waals surface area contributed by atoms with E-state index in [4.69, 9.17) is 0 Å². The predicted octanol–water partition coefficient (Wildman–Crippen LogP) is 4.27. The first-order chi connectivity index (χ1) is 12.9. The van der Waals surface area contributed by atoms with E-state index >= 15 is 0 Å². The van der Waals surface area contributed by atoms with Crippen LogP contribution in [0.4, 0.5) is 0 Å². The van der Waals surface area contributed by atoms with E-state index < -0.39 is 5.97 Å². The molecule has 1 aliphatic rings. The molecule has 1 heterocycles. The Hall–Kier alpha value is -2.92. The molecule has 4 nitrogen and oxygen atoms in total. The molecule has 5 heteroatoms. The van der Waals surface area contributed by atoms with Crippen molar-refractivity contribution in [3.05, 3.63) is 86.7 Å². The Labute approximate surface area is 161 Å². The van der Waals surface area contributed by atoms with Gasteiger partial charge in [-0.2, -0.15) is 0 Å². The average molecular weight is 378 g/mol. The summed E-state index contributed by atoms with van der Waals surface area (Å²) in [5, 5.41) is 0. The maximum atomic E-state index is 13.2. The van der Waals surface area contributed by atoms with Crippen LogP contribution in [0.3, 0.4) is 0 Å². The molecule has 1 saturated heterocycles. The lowest BCUT2D eigenvalue weighted by Gasteiger charge is -2.22. The fourth-order valence-electron chi connectivity index (χ4n) is 2.79. The molecule has 0 unspecified atom stereocenters. The topological polar surface area (TPSA) is 60.4 Å². The third kappa shape index (κ3) is 3.93. The van der Waals surface area contributed by atoms with Crippen molar-refractivity contribution in [3.8, 4) is 0 Å². The highest BCUT2D eigenvalue weighted by atomic mass is 32.2. The van der Waals surface area contributed by atoms with E-state index in [1.54, 1.807) is 12.1 Å². The second-order valence-electron chi connectivity index (χ2n) is 6.24. The normalized spacial score (nSPS) is 16.7. The number of Topliss-reactive ketones (excluding diaryl/α,β-unsaturated/α-hetero) is 2. The standard InChI is InChI=1S/C22H18O4S/c1-13-6-4-8-15(10-13)19(20(24)16-9-5-7-14(2)11-16)22-21(25)17(27-22)12-18(23)26-3/h4-12H,1-3H3/b17-12-,22-19+. The van der Waals surface area contributed by atoms with Crippen LogP contribution in [0.5, 0.6) is 0 Å². The molecule has 0 amide bonds. The number of ether oxygens (including phenoxy) is 1. The zero-order valence-corrected chi connectivity index (χ0v) is 16.1. The van der Waals surface area contributed by atoms with Crippen LogP contribution in [-0.2, 0) is 14.3 Å². The molecular weight excluding hydrogens is 360 g/mol. The summed E-state index contributed by atoms with van der Waals surface area (Å²) < 4.78 is 4.57. The van der Waals surface area contributed by atoms with Gasteiger partial charge in [-0.1, -0.05) is 65.4 Å². The molecule has 0 saturated carbocycles. The molecular formula is C22H18O4S. The van der Waals surface area contributed by atoms with Crippen LogP contribution in [0.1, 0.15) is 27.0 Å². The van der Waals surface area contributed by atoms with Crippen LogP contribution < -0.4 is 0 Å². The second-order valence-corrected chi connectivity index (χ2v) is 7.29. The summed E-state index contributed by atoms with van der Waals surface area (Å²) in [6.45, 7) is 3.85. The number of methoxy groups -OCH3 is 1. The van der Waals surface area contributed by atoms with Gasteiger partial charge in [0.2, 0.25) is 5.78 Å². The molecule has 136 valence electrons. The average Bonchev–Trinajstić information content (AvgIpc) is 2.66. The molecule has 2 aromatic rings. The summed E-state index contributed by atoms with van der Waals surface area (Å²) in [5.74, 6) is -1.12. The number of carbonyl (C=O) groups excluding carboxylic acids is 3. The van der Waals surface area contributed by atoms with Crippen molar-refractivity contribution in [1.82, 2.24) is 0 Å². The summed E-state index contributed by atoms with van der Waals surface area (Å²) >= 11 is 1.13. The number of benzene rings is 2. The Morgan fingerprint density at radius 1 is 0.963 bits per heavy atom. The number of allylic oxidation sites excluding steroid dienone is 3. The molecule has 0 bridgehead atoms. The van der Waals surface area contributed by atoms with Gasteiger partial charge in [0.25, 0.3) is 0 Å². The van der Waals surface area contributed by atoms with Crippen LogP contribution in [0.15, 0.2) is 64.4 Å². The highest BCUT2D eigenvalue weighted by molar-refractivity contribution is 8.12. The van der Waals surface area contributed by atoms with Gasteiger partial charge < -0.3 is 4.74 Å². The zero-order valence-electron chi connectivity index (χ0n) is 15.2. The Morgan fingerprint density at radius 3 is 2.11 bits per heavy atom. The number of hydrogen-bond donors (Lipinski definition) is 0. The molecule has 27 heavy (non-hydrogen) atoms. The largest absolute Gasteiger partial charge is 0.466 e. The summed E-state index contributed by atoms with van der Waals surface area (Å²) in [6, 6.07) is 14.8. The van der Waals surface area contributed by atoms with Gasteiger partial charge in [-0.25, -0.2) is 4.79 Å². The Bertz CT molecular complexity index is 1010. The van der Waals surface area contributed by atoms with Crippen LogP contribution in [-0.4, -0.2) is 24.6 Å². The molecule has 1 fully saturated rings. The van der Waals surface area contributed by atoms with E-state index in [0.29, 0.717) is 21.6 Å². The molecule has 0 atom stereocenters. The number of rotatable bonds is 4. The van der Waals surface area contributed by atoms with Crippen LogP contribution in [0.25, 0.3) is 5.57 Å². The van der Waals surface area contributed by atoms with Gasteiger partial charge in [0.15, 0.2) is 5.78 Å². The Balaban J connectivity index is 2.10. The first-order valence-electron chi connectivity index (χ1n) is 8.35. The van der Waals surface area contributed by atoms with Gasteiger partial charge in [0.05, 0.1) is 16.9 Å². The minimum atomic E-state index is -0.591. The van der Waals surface area contributed by atoms with E-state index in [0.717, 1.165) is 29.0 Å². The lowest BCUT2D eigenvalue weighted by atomic mass is 9.93. The van der Waals surface area contributed by atoms with Crippen LogP contribution in [0.2, 0.25) is 0 Å². The van der Waals surface area contributed by atoms with Crippen molar-refractivity contribution in [3.63, 3.8) is 0 Å². The van der Waals surface area contributed by atoms with Gasteiger partial charge >= 0.3 is 5.97 Å². The van der Waals surface area contributed by atoms with Crippen molar-refractivity contribution in [1.29, 1.82) is 0 Å². The first kappa shape index (κ1) is 18.9. The van der Waals surface area contributed by atoms with Crippen molar-refractivity contribution in [2.75, 3.05) is 7.11 Å². The fraction of sp³-hybridized carbons (Fsp3) is 0.136. The molecule has 1 aliphatic heterocycles. The quantitative estimate of drug-likeness (QED) is 0.452. The molecule has 0 radical (unpaired) electrons. The Morgan fingerprint density at radius 2 is 1.56 bits per heavy atom. The minimum absolute atomic E-state index is 0.211. The van der Waals surface area contributed by atoms with Gasteiger partial charge in [0.1, 0.15) is 0 Å². The van der Waals surface area contributed by atoms with E-state index in [1.807, 2.05) is 50.2 Å². The highest BCUT2D eigenvalue weighted by Gasteiger charge is 2.35. The van der Waals surface area contributed by atoms with Crippen molar-refractivity contribution in [2.24, 2.45) is 0 Å². The van der Waals surface area contributed by atoms with E-state index in [9.17, 15) is 14.4 Å². The third-order valence-electron chi connectivity index (χ3n) is 4.13. The zero-order chi connectivity index (χ0) is 19.6. The second kappa shape index (κ2) is 7.76. The van der Waals surface area contributed by atoms with Gasteiger partial charge in [-0.15, -0.1) is 0 Å². The SMILES string of the molecule is COC(=O)/C=C1\S/C(=C(/C(=O)c2cccc(C)c2)c2cccc(C)c2)C1=O. The molecule has 0 aliphatic carbocycles. The summed E-state index contributed by atoms with van der Waals surface area (Å²) in [4.78, 5) is 37.9. The highest BCUT2D eigenvalue weighted by Crippen LogP contribution is 2.46. The van der Waals surface area contributed by atoms with Gasteiger partial charge in [-0.05, 0) is 25.5 Å². The minimum Gasteiger partial charge on any atom is -0.466 e. The monoisotopic (exact) mass is 378 g/mol. The smallest absolute Gasteiger partial charge is 0.331 e. The van der Waals surface area contributed by atoms with E-state index in [2.05, 4.69) is 4.74 Å². The number of hydrogen-bond acceptors (Lipinski definition) is 5. The van der Waals surface area contributed by atoms with Crippen LogP contribution >= 0.6 is 11.8 Å². The molecule has 0 N–H and O–H groups in total. The van der Waals surface area contributed by atoms with E-state index in [1.165, 1.54) is 7.11 Å². The predicted molar refractivity (Wildman–Crippen MR) is 106 cm³/mol. The van der Waals surface area contributed by atoms with Crippen LogP contribution in [0, 0.1) is 13.8 Å². The van der Waals surface area contributed by atoms with E-state index in [-0.39, 0.29) is 16.5 Å². The number of carbonyl (C=O) groups is 3. The molecule has 3 rings (SSSR count). The van der Waals surface area contributed by atoms with Crippen molar-refractivity contribution in [2.45, 2.75) is 13.8 Å². The van der Waals surface area contributed by atoms with Gasteiger partial charge in [-0.3, -0.25) is 9.59 Å². The number of ketones is 2. The third-order valence-corrected chi connectivity index (χ3v) is 5.25. The lowest BCUT2D eigenvalue weighted by Crippen LogP contribution is -2.19. The Kier molecular flexibility index (Phi) is 5.42. The van der Waals surface area contributed by atoms with Crippen molar-refractivity contribution >= 4 is 34.9 Å². The molecule has 2 aromatic carbocycles. The van der Waals surface area contributed by atoms with Crippen molar-refractivity contribution < 1.29 is 19.1 Å². The first-order valence-corrected chi connectivity index (χ1v) is 9.17.